The zero-order chi connectivity index (χ0) is 23.0. The normalized spacial score (nSPS) is 27.2. The monoisotopic (exact) mass is 457 g/mol. The molecule has 4 N–H and O–H groups in total. The van der Waals surface area contributed by atoms with Crippen molar-refractivity contribution in [1.29, 1.82) is 0 Å². The Morgan fingerprint density at radius 3 is 2.12 bits per heavy atom. The van der Waals surface area contributed by atoms with Crippen molar-refractivity contribution in [3.05, 3.63) is 54.1 Å². The lowest BCUT2D eigenvalue weighted by atomic mass is 9.76. The zero-order valence-corrected chi connectivity index (χ0v) is 18.7. The molecule has 4 rings (SSSR count). The average Bonchev–Trinajstić information content (AvgIpc) is 3.08. The van der Waals surface area contributed by atoms with Crippen molar-refractivity contribution in [3.8, 4) is 11.5 Å². The molecule has 2 aliphatic rings. The van der Waals surface area contributed by atoms with E-state index in [1.165, 1.54) is 0 Å². The molecule has 8 nitrogen and oxygen atoms in total. The highest BCUT2D eigenvalue weighted by Gasteiger charge is 2.56. The molecule has 9 heteroatoms. The lowest BCUT2D eigenvalue weighted by Gasteiger charge is -2.42. The minimum absolute atomic E-state index is 0.0727. The van der Waals surface area contributed by atoms with Crippen molar-refractivity contribution in [2.24, 2.45) is 11.7 Å². The Balaban J connectivity index is 1.75. The maximum Gasteiger partial charge on any atom is 0.222 e. The number of amides is 1. The van der Waals surface area contributed by atoms with E-state index in [-0.39, 0.29) is 6.42 Å². The number of aliphatic hydroxyl groups excluding tert-OH is 2. The number of fused-ring (bicyclic) bond motifs is 1. The summed E-state index contributed by atoms with van der Waals surface area (Å²) in [5, 5.41) is 22.0. The van der Waals surface area contributed by atoms with Gasteiger partial charge in [-0.3, -0.25) is 4.79 Å². The first-order valence-corrected chi connectivity index (χ1v) is 10.8. The largest absolute Gasteiger partial charge is 0.497 e. The third-order valence-electron chi connectivity index (χ3n) is 6.34. The Morgan fingerprint density at radius 2 is 1.59 bits per heavy atom. The summed E-state index contributed by atoms with van der Waals surface area (Å²) in [7, 11) is 3.19. The van der Waals surface area contributed by atoms with Crippen LogP contribution in [0.2, 0.25) is 0 Å². The molecule has 0 spiro atoms. The fourth-order valence-electron chi connectivity index (χ4n) is 4.71. The van der Waals surface area contributed by atoms with Crippen LogP contribution in [0.4, 0.5) is 5.69 Å². The standard InChI is InChI=1S/C23H27N3O5S/c1-30-15-7-3-13(4-8-15)12-25-20-19(17(22(24)29)11-18(27)21(20)28)26(23(25)32)14-5-9-16(31-2)10-6-14/h3-10,17-21,27-28H,11-12H2,1-2H3,(H2,24,29). The second-order valence-electron chi connectivity index (χ2n) is 8.11. The fraction of sp³-hybridized carbons (Fsp3) is 0.391. The van der Waals surface area contributed by atoms with Crippen LogP contribution in [0.15, 0.2) is 48.5 Å². The molecule has 1 saturated carbocycles. The van der Waals surface area contributed by atoms with Crippen LogP contribution < -0.4 is 20.1 Å². The molecule has 5 unspecified atom stereocenters. The molecule has 1 aliphatic heterocycles. The smallest absolute Gasteiger partial charge is 0.222 e. The second-order valence-corrected chi connectivity index (χ2v) is 8.48. The summed E-state index contributed by atoms with van der Waals surface area (Å²) in [5.74, 6) is 0.214. The number of nitrogens with two attached hydrogens (primary N) is 1. The van der Waals surface area contributed by atoms with Crippen molar-refractivity contribution < 1.29 is 24.5 Å². The van der Waals surface area contributed by atoms with Gasteiger partial charge in [0, 0.05) is 12.2 Å². The van der Waals surface area contributed by atoms with Crippen LogP contribution >= 0.6 is 12.2 Å². The predicted molar refractivity (Wildman–Crippen MR) is 123 cm³/mol. The summed E-state index contributed by atoms with van der Waals surface area (Å²) in [5.41, 5.74) is 7.45. The van der Waals surface area contributed by atoms with Gasteiger partial charge in [0.2, 0.25) is 5.91 Å². The Hall–Kier alpha value is -2.88. The van der Waals surface area contributed by atoms with E-state index in [9.17, 15) is 15.0 Å². The number of thiocarbonyl (C=S) groups is 1. The molecule has 1 amide bonds. The molecule has 1 aliphatic carbocycles. The number of hydrogen-bond acceptors (Lipinski definition) is 6. The molecule has 2 aromatic carbocycles. The van der Waals surface area contributed by atoms with Crippen LogP contribution in [-0.4, -0.2) is 64.6 Å². The van der Waals surface area contributed by atoms with Crippen LogP contribution in [0.5, 0.6) is 11.5 Å². The van der Waals surface area contributed by atoms with Crippen LogP contribution in [0.3, 0.4) is 0 Å². The highest BCUT2D eigenvalue weighted by Crippen LogP contribution is 2.41. The van der Waals surface area contributed by atoms with Crippen LogP contribution in [0, 0.1) is 5.92 Å². The Labute approximate surface area is 192 Å². The van der Waals surface area contributed by atoms with E-state index in [0.29, 0.717) is 17.4 Å². The van der Waals surface area contributed by atoms with E-state index < -0.39 is 36.1 Å². The van der Waals surface area contributed by atoms with Crippen molar-refractivity contribution in [2.45, 2.75) is 37.3 Å². The number of carbonyl (C=O) groups is 1. The second kappa shape index (κ2) is 8.93. The van der Waals surface area contributed by atoms with Crippen molar-refractivity contribution in [3.63, 3.8) is 0 Å². The van der Waals surface area contributed by atoms with Gasteiger partial charge in [-0.05, 0) is 60.6 Å². The third-order valence-corrected chi connectivity index (χ3v) is 6.77. The molecule has 0 radical (unpaired) electrons. The number of nitrogens with zero attached hydrogens (tertiary/aromatic N) is 2. The molecule has 2 aromatic rings. The minimum atomic E-state index is -1.09. The number of ether oxygens (including phenoxy) is 2. The van der Waals surface area contributed by atoms with Gasteiger partial charge >= 0.3 is 0 Å². The summed E-state index contributed by atoms with van der Waals surface area (Å²) in [4.78, 5) is 16.1. The van der Waals surface area contributed by atoms with E-state index in [2.05, 4.69) is 0 Å². The topological polar surface area (TPSA) is 108 Å². The lowest BCUT2D eigenvalue weighted by molar-refractivity contribution is -0.129. The van der Waals surface area contributed by atoms with Crippen molar-refractivity contribution in [2.75, 3.05) is 19.1 Å². The van der Waals surface area contributed by atoms with Gasteiger partial charge in [-0.15, -0.1) is 0 Å². The number of hydrogen-bond donors (Lipinski definition) is 3. The van der Waals surface area contributed by atoms with E-state index >= 15 is 0 Å². The zero-order valence-electron chi connectivity index (χ0n) is 17.9. The van der Waals surface area contributed by atoms with Crippen molar-refractivity contribution in [1.82, 2.24) is 4.90 Å². The molecule has 2 fully saturated rings. The van der Waals surface area contributed by atoms with Crippen LogP contribution in [0.1, 0.15) is 12.0 Å². The maximum absolute atomic E-state index is 12.4. The summed E-state index contributed by atoms with van der Waals surface area (Å²) < 4.78 is 10.5. The quantitative estimate of drug-likeness (QED) is 0.557. The molecule has 5 atom stereocenters. The average molecular weight is 458 g/mol. The van der Waals surface area contributed by atoms with Crippen molar-refractivity contribution >= 4 is 28.9 Å². The number of primary amides is 1. The number of carbonyl (C=O) groups excluding carboxylic acids is 1. The summed E-state index contributed by atoms with van der Waals surface area (Å²) in [6.45, 7) is 0.395. The van der Waals surface area contributed by atoms with Gasteiger partial charge in [0.05, 0.1) is 38.3 Å². The van der Waals surface area contributed by atoms with Gasteiger partial charge in [0.15, 0.2) is 5.11 Å². The highest BCUT2D eigenvalue weighted by molar-refractivity contribution is 7.80. The molecule has 0 aromatic heterocycles. The molecule has 1 heterocycles. The minimum Gasteiger partial charge on any atom is -0.497 e. The van der Waals surface area contributed by atoms with E-state index in [1.54, 1.807) is 14.2 Å². The number of methoxy groups -OCH3 is 2. The molecular formula is C23H27N3O5S. The number of aliphatic hydroxyl groups is 2. The Morgan fingerprint density at radius 1 is 1.03 bits per heavy atom. The first-order chi connectivity index (χ1) is 15.3. The van der Waals surface area contributed by atoms with E-state index in [1.807, 2.05) is 58.3 Å². The Kier molecular flexibility index (Phi) is 6.23. The molecule has 32 heavy (non-hydrogen) atoms. The summed E-state index contributed by atoms with van der Waals surface area (Å²) >= 11 is 5.85. The van der Waals surface area contributed by atoms with Gasteiger partial charge in [0.25, 0.3) is 0 Å². The van der Waals surface area contributed by atoms with Gasteiger partial charge < -0.3 is 35.2 Å². The molecule has 170 valence electrons. The van der Waals surface area contributed by atoms with Gasteiger partial charge in [-0.1, -0.05) is 12.1 Å². The maximum atomic E-state index is 12.4. The predicted octanol–water partition coefficient (Wildman–Crippen LogP) is 1.28. The van der Waals surface area contributed by atoms with Crippen LogP contribution in [0.25, 0.3) is 0 Å². The molecule has 0 bridgehead atoms. The first-order valence-electron chi connectivity index (χ1n) is 10.4. The number of benzene rings is 2. The summed E-state index contributed by atoms with van der Waals surface area (Å²) in [6.07, 6.45) is -2.09. The SMILES string of the molecule is COc1ccc(CN2C(=S)N(c3ccc(OC)cc3)C3C(C(N)=O)CC(O)C(O)C32)cc1. The number of rotatable bonds is 6. The first kappa shape index (κ1) is 22.3. The van der Waals surface area contributed by atoms with Crippen LogP contribution in [-0.2, 0) is 11.3 Å². The van der Waals surface area contributed by atoms with Gasteiger partial charge in [-0.2, -0.15) is 0 Å². The van der Waals surface area contributed by atoms with Gasteiger partial charge in [-0.25, -0.2) is 0 Å². The number of anilines is 1. The highest BCUT2D eigenvalue weighted by atomic mass is 32.1. The van der Waals surface area contributed by atoms with E-state index in [4.69, 9.17) is 27.4 Å². The third kappa shape index (κ3) is 3.87. The Bertz CT molecular complexity index is 984. The molecule has 1 saturated heterocycles. The molecular weight excluding hydrogens is 430 g/mol. The summed E-state index contributed by atoms with van der Waals surface area (Å²) in [6, 6.07) is 13.8. The van der Waals surface area contributed by atoms with Gasteiger partial charge in [0.1, 0.15) is 17.6 Å². The van der Waals surface area contributed by atoms with E-state index in [0.717, 1.165) is 17.0 Å². The fourth-order valence-corrected chi connectivity index (χ4v) is 5.13. The lowest BCUT2D eigenvalue weighted by Crippen LogP contribution is -2.60.